The van der Waals surface area contributed by atoms with Crippen molar-refractivity contribution in [1.29, 1.82) is 0 Å². The monoisotopic (exact) mass is 390 g/mol. The average molecular weight is 390 g/mol. The van der Waals surface area contributed by atoms with E-state index in [1.54, 1.807) is 30.3 Å². The Labute approximate surface area is 169 Å². The highest BCUT2D eigenvalue weighted by molar-refractivity contribution is 6.04. The second-order valence-corrected chi connectivity index (χ2v) is 7.78. The first kappa shape index (κ1) is 18.7. The number of hydrogen-bond acceptors (Lipinski definition) is 6. The molecule has 0 aliphatic carbocycles. The van der Waals surface area contributed by atoms with Crippen LogP contribution in [0.4, 0.5) is 17.3 Å². The second kappa shape index (κ2) is 7.43. The van der Waals surface area contributed by atoms with Gasteiger partial charge >= 0.3 is 0 Å². The van der Waals surface area contributed by atoms with Gasteiger partial charge in [0.25, 0.3) is 5.91 Å². The summed E-state index contributed by atoms with van der Waals surface area (Å²) in [7, 11) is 0. The van der Waals surface area contributed by atoms with Crippen molar-refractivity contribution in [3.8, 4) is 11.5 Å². The Bertz CT molecular complexity index is 1030. The van der Waals surface area contributed by atoms with Crippen molar-refractivity contribution in [2.45, 2.75) is 26.2 Å². The minimum Gasteiger partial charge on any atom is -0.454 e. The van der Waals surface area contributed by atoms with Crippen LogP contribution in [0.3, 0.4) is 0 Å². The lowest BCUT2D eigenvalue weighted by atomic mass is 9.87. The molecule has 0 saturated carbocycles. The number of rotatable bonds is 4. The molecule has 0 unspecified atom stereocenters. The van der Waals surface area contributed by atoms with E-state index in [2.05, 4.69) is 53.7 Å². The summed E-state index contributed by atoms with van der Waals surface area (Å²) in [5.41, 5.74) is 2.74. The zero-order valence-corrected chi connectivity index (χ0v) is 16.5. The SMILES string of the molecule is CC(C)(C)c1ccc(Nc2ccc(NC(=O)c3ccc4c(c3)OCO4)nn2)cc1. The van der Waals surface area contributed by atoms with Gasteiger partial charge in [-0.25, -0.2) is 0 Å². The van der Waals surface area contributed by atoms with Crippen molar-refractivity contribution in [2.24, 2.45) is 0 Å². The number of benzene rings is 2. The molecule has 2 heterocycles. The van der Waals surface area contributed by atoms with Crippen LogP contribution < -0.4 is 20.1 Å². The normalized spacial score (nSPS) is 12.5. The van der Waals surface area contributed by atoms with Gasteiger partial charge in [0.1, 0.15) is 0 Å². The number of carbonyl (C=O) groups excluding carboxylic acids is 1. The Kier molecular flexibility index (Phi) is 4.80. The number of nitrogens with zero attached hydrogens (tertiary/aromatic N) is 2. The van der Waals surface area contributed by atoms with Crippen LogP contribution in [0.2, 0.25) is 0 Å². The van der Waals surface area contributed by atoms with Crippen LogP contribution in [0.1, 0.15) is 36.7 Å². The number of amides is 1. The van der Waals surface area contributed by atoms with Crippen molar-refractivity contribution < 1.29 is 14.3 Å². The first-order chi connectivity index (χ1) is 13.9. The van der Waals surface area contributed by atoms with E-state index in [4.69, 9.17) is 9.47 Å². The molecule has 4 rings (SSSR count). The predicted molar refractivity (Wildman–Crippen MR) is 111 cm³/mol. The summed E-state index contributed by atoms with van der Waals surface area (Å²) in [6.07, 6.45) is 0. The van der Waals surface area contributed by atoms with Gasteiger partial charge in [-0.3, -0.25) is 4.79 Å². The zero-order chi connectivity index (χ0) is 20.4. The molecule has 1 amide bonds. The summed E-state index contributed by atoms with van der Waals surface area (Å²) < 4.78 is 10.6. The zero-order valence-electron chi connectivity index (χ0n) is 16.5. The molecule has 148 valence electrons. The van der Waals surface area contributed by atoms with Gasteiger partial charge in [0.15, 0.2) is 23.1 Å². The lowest BCUT2D eigenvalue weighted by molar-refractivity contribution is 0.102. The maximum absolute atomic E-state index is 12.4. The highest BCUT2D eigenvalue weighted by Crippen LogP contribution is 2.32. The van der Waals surface area contributed by atoms with Crippen molar-refractivity contribution in [1.82, 2.24) is 10.2 Å². The van der Waals surface area contributed by atoms with Crippen molar-refractivity contribution in [3.05, 3.63) is 65.7 Å². The molecule has 0 atom stereocenters. The molecule has 1 aliphatic heterocycles. The minimum absolute atomic E-state index is 0.107. The molecule has 7 nitrogen and oxygen atoms in total. The highest BCUT2D eigenvalue weighted by Gasteiger charge is 2.17. The topological polar surface area (TPSA) is 85.4 Å². The van der Waals surface area contributed by atoms with Gasteiger partial charge in [-0.1, -0.05) is 32.9 Å². The van der Waals surface area contributed by atoms with Crippen molar-refractivity contribution in [2.75, 3.05) is 17.4 Å². The molecule has 0 saturated heterocycles. The number of carbonyl (C=O) groups is 1. The Morgan fingerprint density at radius 3 is 2.28 bits per heavy atom. The minimum atomic E-state index is -0.295. The standard InChI is InChI=1S/C22H22N4O3/c1-22(2,3)15-5-7-16(8-6-15)23-19-10-11-20(26-25-19)24-21(27)14-4-9-17-18(12-14)29-13-28-17/h4-12H,13H2,1-3H3,(H,23,25)(H,24,26,27). The van der Waals surface area contributed by atoms with Gasteiger partial charge in [0, 0.05) is 11.3 Å². The molecule has 0 fully saturated rings. The maximum Gasteiger partial charge on any atom is 0.257 e. The third-order valence-corrected chi connectivity index (χ3v) is 4.56. The van der Waals surface area contributed by atoms with Gasteiger partial charge in [-0.05, 0) is 53.4 Å². The number of aromatic nitrogens is 2. The molecule has 0 spiro atoms. The molecule has 7 heteroatoms. The Balaban J connectivity index is 1.39. The fraction of sp³-hybridized carbons (Fsp3) is 0.227. The van der Waals surface area contributed by atoms with Gasteiger partial charge < -0.3 is 20.1 Å². The number of anilines is 3. The number of hydrogen-bond donors (Lipinski definition) is 2. The molecule has 29 heavy (non-hydrogen) atoms. The van der Waals surface area contributed by atoms with E-state index < -0.39 is 0 Å². The largest absolute Gasteiger partial charge is 0.454 e. The Hall–Kier alpha value is -3.61. The number of nitrogens with one attached hydrogen (secondary N) is 2. The van der Waals surface area contributed by atoms with E-state index in [1.807, 2.05) is 12.1 Å². The maximum atomic E-state index is 12.4. The van der Waals surface area contributed by atoms with Crippen LogP contribution in [0.15, 0.2) is 54.6 Å². The Morgan fingerprint density at radius 2 is 1.59 bits per heavy atom. The molecule has 3 aromatic rings. The van der Waals surface area contributed by atoms with Gasteiger partial charge in [-0.2, -0.15) is 0 Å². The van der Waals surface area contributed by atoms with Crippen LogP contribution >= 0.6 is 0 Å². The average Bonchev–Trinajstić information content (AvgIpc) is 3.17. The van der Waals surface area contributed by atoms with Gasteiger partial charge in [0.2, 0.25) is 6.79 Å². The summed E-state index contributed by atoms with van der Waals surface area (Å²) in [4.78, 5) is 12.4. The Morgan fingerprint density at radius 1 is 0.897 bits per heavy atom. The van der Waals surface area contributed by atoms with Gasteiger partial charge in [-0.15, -0.1) is 10.2 Å². The molecular weight excluding hydrogens is 368 g/mol. The van der Waals surface area contributed by atoms with E-state index in [0.717, 1.165) is 5.69 Å². The van der Waals surface area contributed by atoms with E-state index >= 15 is 0 Å². The second-order valence-electron chi connectivity index (χ2n) is 7.78. The molecule has 0 radical (unpaired) electrons. The van der Waals surface area contributed by atoms with Crippen LogP contribution in [0.25, 0.3) is 0 Å². The quantitative estimate of drug-likeness (QED) is 0.682. The van der Waals surface area contributed by atoms with Crippen LogP contribution in [0, 0.1) is 0 Å². The van der Waals surface area contributed by atoms with E-state index in [9.17, 15) is 4.79 Å². The molecular formula is C22H22N4O3. The predicted octanol–water partition coefficient (Wildman–Crippen LogP) is 4.50. The first-order valence-corrected chi connectivity index (χ1v) is 9.31. The number of fused-ring (bicyclic) bond motifs is 1. The third-order valence-electron chi connectivity index (χ3n) is 4.56. The van der Waals surface area contributed by atoms with E-state index in [0.29, 0.717) is 28.7 Å². The van der Waals surface area contributed by atoms with E-state index in [1.165, 1.54) is 5.56 Å². The fourth-order valence-corrected chi connectivity index (χ4v) is 2.89. The summed E-state index contributed by atoms with van der Waals surface area (Å²) in [5, 5.41) is 14.1. The summed E-state index contributed by atoms with van der Waals surface area (Å²) in [5.74, 6) is 1.85. The van der Waals surface area contributed by atoms with Crippen molar-refractivity contribution >= 4 is 23.2 Å². The van der Waals surface area contributed by atoms with Crippen LogP contribution in [-0.2, 0) is 5.41 Å². The molecule has 2 N–H and O–H groups in total. The highest BCUT2D eigenvalue weighted by atomic mass is 16.7. The molecule has 1 aliphatic rings. The van der Waals surface area contributed by atoms with E-state index in [-0.39, 0.29) is 18.1 Å². The smallest absolute Gasteiger partial charge is 0.257 e. The van der Waals surface area contributed by atoms with Gasteiger partial charge in [0.05, 0.1) is 0 Å². The summed E-state index contributed by atoms with van der Waals surface area (Å²) >= 11 is 0. The molecule has 2 aromatic carbocycles. The summed E-state index contributed by atoms with van der Waals surface area (Å²) in [6.45, 7) is 6.70. The van der Waals surface area contributed by atoms with Crippen molar-refractivity contribution in [3.63, 3.8) is 0 Å². The third kappa shape index (κ3) is 4.29. The molecule has 1 aromatic heterocycles. The first-order valence-electron chi connectivity index (χ1n) is 9.31. The van der Waals surface area contributed by atoms with Crippen LogP contribution in [-0.4, -0.2) is 22.9 Å². The lowest BCUT2D eigenvalue weighted by Gasteiger charge is -2.19. The lowest BCUT2D eigenvalue weighted by Crippen LogP contribution is -2.13. The number of ether oxygens (including phenoxy) is 2. The molecule has 0 bridgehead atoms. The van der Waals surface area contributed by atoms with Crippen LogP contribution in [0.5, 0.6) is 11.5 Å². The summed E-state index contributed by atoms with van der Waals surface area (Å²) in [6, 6.07) is 16.7. The fourth-order valence-electron chi connectivity index (χ4n) is 2.89.